The third kappa shape index (κ3) is 1580. The van der Waals surface area contributed by atoms with Crippen LogP contribution in [0.4, 0.5) is 0 Å². The molecular weight excluding hydrogens is 840 g/mol. The van der Waals surface area contributed by atoms with E-state index >= 15 is 0 Å². The molecule has 0 saturated carbocycles. The largest absolute Gasteiger partial charge is 0.412 e. The third-order valence-electron chi connectivity index (χ3n) is 0. The van der Waals surface area contributed by atoms with Crippen molar-refractivity contribution >= 4 is 0 Å². The Balaban J connectivity index is 0. The first kappa shape index (κ1) is 1900. The Bertz CT molecular complexity index is 27.5. The molecule has 0 aliphatic carbocycles. The molecule has 0 unspecified atom stereocenters. The van der Waals surface area contributed by atoms with E-state index in [-0.39, 0.29) is 283 Å². The van der Waals surface area contributed by atoms with Gasteiger partial charge < -0.3 is 110 Å². The standard InChI is InChI=1S/10Cr.20H2O/h;;;;;;;;;;20*1H2. The fraction of sp³-hybridized carbons (Fsp3) is 0. The van der Waals surface area contributed by atoms with Crippen LogP contribution in [-0.2, 0) is 174 Å². The van der Waals surface area contributed by atoms with E-state index in [2.05, 4.69) is 0 Å². The van der Waals surface area contributed by atoms with Crippen molar-refractivity contribution in [2.24, 2.45) is 0 Å². The van der Waals surface area contributed by atoms with Crippen LogP contribution in [0.2, 0.25) is 0 Å². The first-order valence-corrected chi connectivity index (χ1v) is 0. The van der Waals surface area contributed by atoms with Crippen molar-refractivity contribution in [2.75, 3.05) is 0 Å². The SMILES string of the molecule is O.O.O.O.O.O.O.O.O.O.O.O.O.O.O.O.O.O.O.O.[Cr].[Cr].[Cr].[Cr].[Cr].[Cr].[Cr].[Cr].[Cr].[Cr]. The molecule has 40 N–H and O–H groups in total. The maximum absolute atomic E-state index is 0. The van der Waals surface area contributed by atoms with Crippen molar-refractivity contribution in [2.45, 2.75) is 0 Å². The summed E-state index contributed by atoms with van der Waals surface area (Å²) in [5.74, 6) is 0. The molecule has 0 heterocycles. The molecule has 0 aromatic rings. The summed E-state index contributed by atoms with van der Waals surface area (Å²) < 4.78 is 0. The quantitative estimate of drug-likeness (QED) is 0.219. The molecule has 0 spiro atoms. The predicted molar refractivity (Wildman–Crippen MR) is 72.3 cm³/mol. The maximum atomic E-state index is 0. The van der Waals surface area contributed by atoms with E-state index in [1.165, 1.54) is 0 Å². The fourth-order valence-electron chi connectivity index (χ4n) is 0. The topological polar surface area (TPSA) is 630 Å². The molecule has 0 aliphatic rings. The average Bonchev–Trinajstić information content (AvgIpc) is 0. The fourth-order valence-corrected chi connectivity index (χ4v) is 0. The number of hydrogen-bond acceptors (Lipinski definition) is 0. The van der Waals surface area contributed by atoms with Gasteiger partial charge in [-0.15, -0.1) is 0 Å². The van der Waals surface area contributed by atoms with Crippen molar-refractivity contribution in [3.8, 4) is 0 Å². The first-order chi connectivity index (χ1) is 0. The molecule has 0 aromatic carbocycles. The summed E-state index contributed by atoms with van der Waals surface area (Å²) in [6.07, 6.45) is 0. The van der Waals surface area contributed by atoms with Crippen molar-refractivity contribution in [3.05, 3.63) is 0 Å². The Kier molecular flexibility index (Phi) is 109000. The summed E-state index contributed by atoms with van der Waals surface area (Å²) in [5, 5.41) is 0. The Morgan fingerprint density at radius 2 is 0.0667 bits per heavy atom. The van der Waals surface area contributed by atoms with Crippen molar-refractivity contribution in [1.29, 1.82) is 0 Å². The molecule has 0 aliphatic heterocycles. The maximum Gasteiger partial charge on any atom is 0 e. The molecule has 0 fully saturated rings. The van der Waals surface area contributed by atoms with Gasteiger partial charge in [0.15, 0.2) is 0 Å². The van der Waals surface area contributed by atoms with Gasteiger partial charge in [0.2, 0.25) is 0 Å². The average molecular weight is 880 g/mol. The molecule has 30 heteroatoms. The molecule has 0 radical (unpaired) electrons. The van der Waals surface area contributed by atoms with Gasteiger partial charge in [-0.1, -0.05) is 0 Å². The Morgan fingerprint density at radius 1 is 0.0667 bits per heavy atom. The van der Waals surface area contributed by atoms with E-state index in [9.17, 15) is 0 Å². The van der Waals surface area contributed by atoms with Crippen LogP contribution in [0.5, 0.6) is 0 Å². The minimum absolute atomic E-state index is 0. The Labute approximate surface area is 280 Å². The van der Waals surface area contributed by atoms with Gasteiger partial charge in [-0.05, 0) is 0 Å². The van der Waals surface area contributed by atoms with Crippen LogP contribution in [0.25, 0.3) is 0 Å². The first-order valence-electron chi connectivity index (χ1n) is 0. The van der Waals surface area contributed by atoms with Crippen LogP contribution in [0.1, 0.15) is 0 Å². The van der Waals surface area contributed by atoms with Crippen molar-refractivity contribution in [3.63, 3.8) is 0 Å². The van der Waals surface area contributed by atoms with Gasteiger partial charge in [-0.3, -0.25) is 0 Å². The van der Waals surface area contributed by atoms with Crippen LogP contribution < -0.4 is 0 Å². The molecule has 0 bridgehead atoms. The van der Waals surface area contributed by atoms with Crippen molar-refractivity contribution in [1.82, 2.24) is 0 Å². The minimum Gasteiger partial charge on any atom is -0.412 e. The smallest absolute Gasteiger partial charge is 0 e. The van der Waals surface area contributed by atoms with Gasteiger partial charge in [0.1, 0.15) is 0 Å². The third-order valence-corrected chi connectivity index (χ3v) is 0. The van der Waals surface area contributed by atoms with Crippen LogP contribution in [0.15, 0.2) is 0 Å². The molecule has 20 nitrogen and oxygen atoms in total. The van der Waals surface area contributed by atoms with E-state index in [1.807, 2.05) is 0 Å². The monoisotopic (exact) mass is 880 g/mol. The predicted octanol–water partition coefficient (Wildman–Crippen LogP) is -16.5. The molecule has 30 heavy (non-hydrogen) atoms. The summed E-state index contributed by atoms with van der Waals surface area (Å²) >= 11 is 0. The molecule has 0 amide bonds. The van der Waals surface area contributed by atoms with E-state index in [4.69, 9.17) is 0 Å². The molecule has 220 valence electrons. The Morgan fingerprint density at radius 3 is 0.0667 bits per heavy atom. The van der Waals surface area contributed by atoms with Crippen LogP contribution in [-0.4, -0.2) is 110 Å². The van der Waals surface area contributed by atoms with Crippen LogP contribution in [0.3, 0.4) is 0 Å². The van der Waals surface area contributed by atoms with Gasteiger partial charge in [-0.25, -0.2) is 0 Å². The second-order valence-corrected chi connectivity index (χ2v) is 0. The second-order valence-electron chi connectivity index (χ2n) is 0. The van der Waals surface area contributed by atoms with E-state index < -0.39 is 0 Å². The molecule has 0 atom stereocenters. The zero-order chi connectivity index (χ0) is 0. The number of hydrogen-bond donors (Lipinski definition) is 0. The summed E-state index contributed by atoms with van der Waals surface area (Å²) in [6, 6.07) is 0. The van der Waals surface area contributed by atoms with Crippen LogP contribution >= 0.6 is 0 Å². The second kappa shape index (κ2) is 1730. The summed E-state index contributed by atoms with van der Waals surface area (Å²) in [5.41, 5.74) is 0. The van der Waals surface area contributed by atoms with Gasteiger partial charge in [-0.2, -0.15) is 0 Å². The van der Waals surface area contributed by atoms with Crippen molar-refractivity contribution < 1.29 is 283 Å². The Hall–Kier alpha value is 4.52. The van der Waals surface area contributed by atoms with Gasteiger partial charge in [0, 0.05) is 174 Å². The van der Waals surface area contributed by atoms with Gasteiger partial charge in [0.05, 0.1) is 0 Å². The normalized spacial score (nSPS) is 0. The zero-order valence-corrected chi connectivity index (χ0v) is 26.8. The molecular formula is H40Cr10O20. The molecule has 0 aromatic heterocycles. The summed E-state index contributed by atoms with van der Waals surface area (Å²) in [7, 11) is 0. The minimum atomic E-state index is 0. The van der Waals surface area contributed by atoms with E-state index in [0.717, 1.165) is 0 Å². The zero-order valence-electron chi connectivity index (χ0n) is 14.1. The number of rotatable bonds is 0. The summed E-state index contributed by atoms with van der Waals surface area (Å²) in [4.78, 5) is 0. The molecule has 0 rings (SSSR count). The van der Waals surface area contributed by atoms with Gasteiger partial charge >= 0.3 is 0 Å². The molecule has 0 saturated heterocycles. The van der Waals surface area contributed by atoms with Crippen LogP contribution in [0, 0.1) is 0 Å². The van der Waals surface area contributed by atoms with E-state index in [1.54, 1.807) is 0 Å². The van der Waals surface area contributed by atoms with Gasteiger partial charge in [0.25, 0.3) is 0 Å². The van der Waals surface area contributed by atoms with E-state index in [0.29, 0.717) is 0 Å². The summed E-state index contributed by atoms with van der Waals surface area (Å²) in [6.45, 7) is 0.